The molecule has 7 N–H and O–H groups in total. The Kier molecular flexibility index (Phi) is 9.36. The Hall–Kier alpha value is -4.84. The fourth-order valence-electron chi connectivity index (χ4n) is 4.35. The van der Waals surface area contributed by atoms with Crippen molar-refractivity contribution in [3.8, 4) is 23.3 Å². The number of carbonyl (C=O) groups is 1. The molecule has 0 saturated carbocycles. The number of nitrogens with zero attached hydrogens (tertiary/aromatic N) is 4. The van der Waals surface area contributed by atoms with Crippen molar-refractivity contribution in [2.24, 2.45) is 21.8 Å². The van der Waals surface area contributed by atoms with Crippen molar-refractivity contribution < 1.29 is 24.7 Å². The van der Waals surface area contributed by atoms with E-state index in [0.29, 0.717) is 28.2 Å². The zero-order chi connectivity index (χ0) is 28.5. The molecule has 1 aliphatic heterocycles. The summed E-state index contributed by atoms with van der Waals surface area (Å²) in [5.74, 6) is 0.829. The molecule has 1 aromatic heterocycles. The van der Waals surface area contributed by atoms with Gasteiger partial charge in [-0.25, -0.2) is 0 Å². The molecule has 1 amide bonds. The van der Waals surface area contributed by atoms with E-state index in [4.69, 9.17) is 31.4 Å². The van der Waals surface area contributed by atoms with Crippen LogP contribution in [0.25, 0.3) is 0 Å². The van der Waals surface area contributed by atoms with Crippen LogP contribution in [-0.4, -0.2) is 63.6 Å². The van der Waals surface area contributed by atoms with Crippen LogP contribution >= 0.6 is 0 Å². The van der Waals surface area contributed by atoms with Gasteiger partial charge in [-0.15, -0.1) is 0 Å². The Bertz CT molecular complexity index is 1270. The summed E-state index contributed by atoms with van der Waals surface area (Å²) in [7, 11) is 0. The summed E-state index contributed by atoms with van der Waals surface area (Å²) in [5.41, 5.74) is 12.6. The van der Waals surface area contributed by atoms with Gasteiger partial charge >= 0.3 is 0 Å². The Morgan fingerprint density at radius 1 is 0.900 bits per heavy atom. The molecule has 210 valence electrons. The summed E-state index contributed by atoms with van der Waals surface area (Å²) in [4.78, 5) is 20.1. The molecule has 12 heteroatoms. The lowest BCUT2D eigenvalue weighted by Crippen LogP contribution is -2.44. The zero-order valence-electron chi connectivity index (χ0n) is 22.2. The van der Waals surface area contributed by atoms with Crippen LogP contribution in [0.15, 0.2) is 71.0 Å². The van der Waals surface area contributed by atoms with E-state index >= 15 is 0 Å². The summed E-state index contributed by atoms with van der Waals surface area (Å²) in [5, 5.41) is 26.9. The Morgan fingerprint density at radius 3 is 1.80 bits per heavy atom. The van der Waals surface area contributed by atoms with Gasteiger partial charge in [0.25, 0.3) is 5.91 Å². The van der Waals surface area contributed by atoms with Gasteiger partial charge in [0, 0.05) is 42.4 Å². The van der Waals surface area contributed by atoms with Crippen LogP contribution < -0.4 is 26.3 Å². The molecule has 0 aliphatic carbocycles. The molecule has 1 fully saturated rings. The lowest BCUT2D eigenvalue weighted by atomic mass is 10.0. The first-order valence-electron chi connectivity index (χ1n) is 13.0. The molecule has 40 heavy (non-hydrogen) atoms. The predicted molar refractivity (Wildman–Crippen MR) is 150 cm³/mol. The molecule has 2 heterocycles. The largest absolute Gasteiger partial charge is 0.439 e. The molecule has 1 saturated heterocycles. The Morgan fingerprint density at radius 2 is 1.38 bits per heavy atom. The molecule has 0 unspecified atom stereocenters. The minimum atomic E-state index is -0.254. The van der Waals surface area contributed by atoms with E-state index < -0.39 is 0 Å². The summed E-state index contributed by atoms with van der Waals surface area (Å²) in [6, 6.07) is 16.2. The maximum absolute atomic E-state index is 13.3. The maximum atomic E-state index is 13.3. The van der Waals surface area contributed by atoms with Gasteiger partial charge in [0.05, 0.1) is 5.56 Å². The van der Waals surface area contributed by atoms with Gasteiger partial charge in [0.2, 0.25) is 11.8 Å². The number of aromatic nitrogens is 1. The van der Waals surface area contributed by atoms with Crippen LogP contribution in [0, 0.1) is 0 Å². The molecule has 12 nitrogen and oxygen atoms in total. The second-order valence-corrected chi connectivity index (χ2v) is 9.35. The number of piperidine rings is 1. The van der Waals surface area contributed by atoms with E-state index in [2.05, 4.69) is 32.4 Å². The molecule has 0 radical (unpaired) electrons. The molecule has 4 rings (SSSR count). The molecular formula is C28H33N7O5. The molecule has 1 aliphatic rings. The summed E-state index contributed by atoms with van der Waals surface area (Å²) < 4.78 is 11.9. The van der Waals surface area contributed by atoms with Crippen LogP contribution in [0.1, 0.15) is 47.7 Å². The second kappa shape index (κ2) is 13.3. The third-order valence-electron chi connectivity index (χ3n) is 6.46. The summed E-state index contributed by atoms with van der Waals surface area (Å²) in [6.45, 7) is 5.12. The van der Waals surface area contributed by atoms with Crippen LogP contribution in [-0.2, 0) is 0 Å². The summed E-state index contributed by atoms with van der Waals surface area (Å²) >= 11 is 0. The topological polar surface area (TPSA) is 181 Å². The highest BCUT2D eigenvalue weighted by Crippen LogP contribution is 2.28. The number of nitrogens with two attached hydrogens (primary N) is 2. The van der Waals surface area contributed by atoms with Crippen LogP contribution in [0.3, 0.4) is 0 Å². The number of amidine groups is 2. The fourth-order valence-corrected chi connectivity index (χ4v) is 4.35. The molecule has 2 aromatic carbocycles. The number of rotatable bonds is 10. The maximum Gasteiger partial charge on any atom is 0.251 e. The number of nitrogens with one attached hydrogen (secondary N) is 1. The minimum Gasteiger partial charge on any atom is -0.439 e. The molecule has 0 atom stereocenters. The second-order valence-electron chi connectivity index (χ2n) is 9.35. The smallest absolute Gasteiger partial charge is 0.251 e. The van der Waals surface area contributed by atoms with Crippen LogP contribution in [0.5, 0.6) is 23.3 Å². The first-order valence-corrected chi connectivity index (χ1v) is 13.0. The van der Waals surface area contributed by atoms with Crippen molar-refractivity contribution in [1.82, 2.24) is 15.2 Å². The van der Waals surface area contributed by atoms with Crippen LogP contribution in [0.4, 0.5) is 0 Å². The standard InChI is InChI=1S/C28H33N7O5/c1-2-13-35-14-11-21(12-15-35)31-28(36)20-16-24(39-22-7-3-18(4-8-22)26(29)33-37)32-25(17-20)40-23-9-5-19(6-10-23)27(30)34-38/h3-10,16-17,21,37-38H,2,11-15H2,1H3,(H2,29,33)(H2,30,34)(H,31,36). The Balaban J connectivity index is 1.55. The lowest BCUT2D eigenvalue weighted by molar-refractivity contribution is 0.0910. The van der Waals surface area contributed by atoms with Crippen molar-refractivity contribution in [2.45, 2.75) is 32.2 Å². The van der Waals surface area contributed by atoms with Gasteiger partial charge in [-0.2, -0.15) is 4.98 Å². The van der Waals surface area contributed by atoms with Gasteiger partial charge in [-0.05, 0) is 74.3 Å². The third kappa shape index (κ3) is 7.38. The molecule has 0 spiro atoms. The van der Waals surface area contributed by atoms with E-state index in [9.17, 15) is 4.79 Å². The van der Waals surface area contributed by atoms with E-state index in [1.165, 1.54) is 0 Å². The number of pyridine rings is 1. The number of hydrogen-bond donors (Lipinski definition) is 5. The van der Waals surface area contributed by atoms with Crippen molar-refractivity contribution in [1.29, 1.82) is 0 Å². The van der Waals surface area contributed by atoms with Gasteiger partial charge in [-0.1, -0.05) is 17.2 Å². The lowest BCUT2D eigenvalue weighted by Gasteiger charge is -2.32. The highest BCUT2D eigenvalue weighted by molar-refractivity contribution is 5.97. The number of hydrogen-bond acceptors (Lipinski definition) is 9. The average molecular weight is 548 g/mol. The minimum absolute atomic E-state index is 0.0300. The molecule has 0 bridgehead atoms. The van der Waals surface area contributed by atoms with Gasteiger partial charge in [0.1, 0.15) is 11.5 Å². The number of benzene rings is 2. The quantitative estimate of drug-likeness (QED) is 0.110. The van der Waals surface area contributed by atoms with Crippen LogP contribution in [0.2, 0.25) is 0 Å². The van der Waals surface area contributed by atoms with Gasteiger partial charge in [0.15, 0.2) is 11.7 Å². The van der Waals surface area contributed by atoms with Crippen molar-refractivity contribution in [3.05, 3.63) is 77.4 Å². The zero-order valence-corrected chi connectivity index (χ0v) is 22.2. The third-order valence-corrected chi connectivity index (χ3v) is 6.46. The van der Waals surface area contributed by atoms with Crippen molar-refractivity contribution in [2.75, 3.05) is 19.6 Å². The number of oxime groups is 2. The fraction of sp³-hybridized carbons (Fsp3) is 0.286. The van der Waals surface area contributed by atoms with Gasteiger partial charge < -0.3 is 41.6 Å². The SMILES string of the molecule is CCCN1CCC(NC(=O)c2cc(Oc3ccc(C(N)=NO)cc3)nc(Oc3ccc(C(N)=NO)cc3)c2)CC1. The van der Waals surface area contributed by atoms with E-state index in [1.807, 2.05) is 0 Å². The number of likely N-dealkylation sites (tertiary alicyclic amines) is 1. The molecular weight excluding hydrogens is 514 g/mol. The first kappa shape index (κ1) is 28.2. The first-order chi connectivity index (χ1) is 19.4. The highest BCUT2D eigenvalue weighted by Gasteiger charge is 2.22. The average Bonchev–Trinajstić information content (AvgIpc) is 2.98. The van der Waals surface area contributed by atoms with E-state index in [1.54, 1.807) is 60.7 Å². The summed E-state index contributed by atoms with van der Waals surface area (Å²) in [6.07, 6.45) is 2.86. The molecule has 3 aromatic rings. The predicted octanol–water partition coefficient (Wildman–Crippen LogP) is 3.46. The van der Waals surface area contributed by atoms with Crippen molar-refractivity contribution >= 4 is 17.6 Å². The highest BCUT2D eigenvalue weighted by atomic mass is 16.5. The number of carbonyl (C=O) groups excluding carboxylic acids is 1. The Labute approximate surface area is 231 Å². The van der Waals surface area contributed by atoms with Crippen molar-refractivity contribution in [3.63, 3.8) is 0 Å². The normalized spacial score (nSPS) is 15.0. The van der Waals surface area contributed by atoms with Gasteiger partial charge in [-0.3, -0.25) is 4.79 Å². The van der Waals surface area contributed by atoms with E-state index in [0.717, 1.165) is 38.9 Å². The monoisotopic (exact) mass is 547 g/mol. The van der Waals surface area contributed by atoms with E-state index in [-0.39, 0.29) is 35.4 Å². The number of ether oxygens (including phenoxy) is 2. The number of amides is 1.